The molecule has 0 aliphatic carbocycles. The number of carboxylic acids is 1. The number of nitrogens with one attached hydrogen (secondary N) is 1. The fourth-order valence-electron chi connectivity index (χ4n) is 2.50. The van der Waals surface area contributed by atoms with E-state index < -0.39 is 27.8 Å². The summed E-state index contributed by atoms with van der Waals surface area (Å²) in [4.78, 5) is 23.6. The predicted octanol–water partition coefficient (Wildman–Crippen LogP) is 2.45. The Morgan fingerprint density at radius 1 is 1.31 bits per heavy atom. The second kappa shape index (κ2) is 7.93. The van der Waals surface area contributed by atoms with Gasteiger partial charge in [0.1, 0.15) is 5.56 Å². The molecular weight excluding hydrogens is 380 g/mol. The fourth-order valence-corrected chi connectivity index (χ4v) is 3.44. The third kappa shape index (κ3) is 4.16. The number of thiophene rings is 1. The highest BCUT2D eigenvalue weighted by molar-refractivity contribution is 7.60. The van der Waals surface area contributed by atoms with Crippen LogP contribution in [0.5, 0.6) is 5.75 Å². The molecular formula is C16H14N2O6S2. The molecule has 3 rings (SSSR count). The largest absolute Gasteiger partial charge is 0.502 e. The number of carboxylic acid groups (broad SMARTS) is 1. The highest BCUT2D eigenvalue weighted by Gasteiger charge is 2.22. The molecule has 0 aliphatic heterocycles. The van der Waals surface area contributed by atoms with Crippen LogP contribution in [0, 0.1) is 11.7 Å². The maximum absolute atomic E-state index is 12.3. The Morgan fingerprint density at radius 3 is 2.54 bits per heavy atom. The Balaban J connectivity index is 0.000000552. The number of pyridine rings is 1. The van der Waals surface area contributed by atoms with E-state index in [9.17, 15) is 19.8 Å². The topological polar surface area (TPSA) is 138 Å². The molecule has 0 unspecified atom stereocenters. The SMILES string of the molecule is Cc1cccc(Cn2c(=O)c(O)c(C(=O)O)c3sccc32)c1.N=S(=O)=O. The first kappa shape index (κ1) is 19.3. The van der Waals surface area contributed by atoms with Gasteiger partial charge in [0, 0.05) is 0 Å². The van der Waals surface area contributed by atoms with Crippen LogP contribution in [0.1, 0.15) is 21.5 Å². The number of rotatable bonds is 3. The minimum Gasteiger partial charge on any atom is -0.502 e. The van der Waals surface area contributed by atoms with Crippen molar-refractivity contribution in [3.05, 3.63) is 62.8 Å². The van der Waals surface area contributed by atoms with Gasteiger partial charge in [-0.1, -0.05) is 29.8 Å². The summed E-state index contributed by atoms with van der Waals surface area (Å²) < 4.78 is 24.6. The van der Waals surface area contributed by atoms with E-state index in [1.807, 2.05) is 31.2 Å². The maximum Gasteiger partial charge on any atom is 0.341 e. The second-order valence-corrected chi connectivity index (χ2v) is 6.66. The number of hydrogen-bond acceptors (Lipinski definition) is 7. The molecule has 0 bridgehead atoms. The van der Waals surface area contributed by atoms with Crippen LogP contribution in [0.3, 0.4) is 0 Å². The minimum atomic E-state index is -2.61. The van der Waals surface area contributed by atoms with E-state index >= 15 is 0 Å². The van der Waals surface area contributed by atoms with Crippen molar-refractivity contribution in [2.75, 3.05) is 0 Å². The molecule has 0 aliphatic rings. The van der Waals surface area contributed by atoms with Gasteiger partial charge < -0.3 is 10.2 Å². The average Bonchev–Trinajstić information content (AvgIpc) is 3.00. The molecule has 0 atom stereocenters. The van der Waals surface area contributed by atoms with Crippen molar-refractivity contribution in [1.29, 1.82) is 4.78 Å². The van der Waals surface area contributed by atoms with E-state index in [1.165, 1.54) is 15.9 Å². The molecule has 2 aromatic heterocycles. The number of carbonyl (C=O) groups is 1. The second-order valence-electron chi connectivity index (χ2n) is 5.28. The minimum absolute atomic E-state index is 0.279. The molecule has 0 saturated carbocycles. The Morgan fingerprint density at radius 2 is 1.96 bits per heavy atom. The van der Waals surface area contributed by atoms with Gasteiger partial charge in [-0.25, -0.2) is 4.79 Å². The highest BCUT2D eigenvalue weighted by Crippen LogP contribution is 2.29. The van der Waals surface area contributed by atoms with Crippen molar-refractivity contribution < 1.29 is 23.4 Å². The summed E-state index contributed by atoms with van der Waals surface area (Å²) in [5.41, 5.74) is 1.49. The van der Waals surface area contributed by atoms with Gasteiger partial charge in [-0.3, -0.25) is 9.36 Å². The zero-order chi connectivity index (χ0) is 19.4. The lowest BCUT2D eigenvalue weighted by Crippen LogP contribution is -2.22. The molecule has 3 N–H and O–H groups in total. The molecule has 0 radical (unpaired) electrons. The molecule has 8 nitrogen and oxygen atoms in total. The van der Waals surface area contributed by atoms with Gasteiger partial charge in [-0.2, -0.15) is 13.2 Å². The third-order valence-electron chi connectivity index (χ3n) is 3.48. The lowest BCUT2D eigenvalue weighted by molar-refractivity contribution is 0.0695. The summed E-state index contributed by atoms with van der Waals surface area (Å²) in [6, 6.07) is 9.39. The smallest absolute Gasteiger partial charge is 0.341 e. The number of aromatic carboxylic acids is 1. The third-order valence-corrected chi connectivity index (χ3v) is 4.40. The average molecular weight is 394 g/mol. The van der Waals surface area contributed by atoms with Gasteiger partial charge in [-0.05, 0) is 23.9 Å². The van der Waals surface area contributed by atoms with Gasteiger partial charge in [0.05, 0.1) is 16.8 Å². The normalized spacial score (nSPS) is 10.2. The molecule has 0 spiro atoms. The Kier molecular flexibility index (Phi) is 5.90. The van der Waals surface area contributed by atoms with Crippen molar-refractivity contribution in [3.8, 4) is 5.75 Å². The number of fused-ring (bicyclic) bond motifs is 1. The first-order valence-electron chi connectivity index (χ1n) is 7.14. The Labute approximate surface area is 153 Å². The van der Waals surface area contributed by atoms with Crippen LogP contribution in [-0.4, -0.2) is 29.2 Å². The molecule has 10 heteroatoms. The summed E-state index contributed by atoms with van der Waals surface area (Å²) >= 11 is 1.19. The van der Waals surface area contributed by atoms with Gasteiger partial charge in [0.15, 0.2) is 5.75 Å². The van der Waals surface area contributed by atoms with E-state index in [-0.39, 0.29) is 12.1 Å². The first-order chi connectivity index (χ1) is 12.2. The molecule has 0 fully saturated rings. The monoisotopic (exact) mass is 394 g/mol. The first-order valence-corrected chi connectivity index (χ1v) is 9.10. The van der Waals surface area contributed by atoms with Crippen LogP contribution in [0.2, 0.25) is 0 Å². The van der Waals surface area contributed by atoms with Gasteiger partial charge in [0.25, 0.3) is 5.56 Å². The van der Waals surface area contributed by atoms with E-state index in [2.05, 4.69) is 0 Å². The van der Waals surface area contributed by atoms with Crippen molar-refractivity contribution in [2.45, 2.75) is 13.5 Å². The van der Waals surface area contributed by atoms with Crippen LogP contribution in [0.4, 0.5) is 0 Å². The number of hydrogen-bond donors (Lipinski definition) is 3. The van der Waals surface area contributed by atoms with E-state index in [4.69, 9.17) is 13.2 Å². The standard InChI is InChI=1S/C16H13NO4S.HNO2S/c1-9-3-2-4-10(7-9)8-17-11-5-6-22-14(11)12(16(20)21)13(18)15(17)19;1-4(2)3/h2-7,18H,8H2,1H3,(H,20,21);1H. The zero-order valence-electron chi connectivity index (χ0n) is 13.5. The summed E-state index contributed by atoms with van der Waals surface area (Å²) in [5, 5.41) is 20.9. The molecule has 26 heavy (non-hydrogen) atoms. The molecule has 2 heterocycles. The van der Waals surface area contributed by atoms with E-state index in [0.29, 0.717) is 10.2 Å². The maximum atomic E-state index is 12.3. The number of nitrogens with zero attached hydrogens (tertiary/aromatic N) is 1. The van der Waals surface area contributed by atoms with Crippen molar-refractivity contribution in [2.24, 2.45) is 0 Å². The molecule has 3 aromatic rings. The van der Waals surface area contributed by atoms with Crippen molar-refractivity contribution in [3.63, 3.8) is 0 Å². The van der Waals surface area contributed by atoms with Crippen LogP contribution in [-0.2, 0) is 17.0 Å². The summed E-state index contributed by atoms with van der Waals surface area (Å²) in [7, 11) is -2.61. The van der Waals surface area contributed by atoms with Crippen LogP contribution in [0.15, 0.2) is 40.5 Å². The number of aryl methyl sites for hydroxylation is 1. The Bertz CT molecular complexity index is 1140. The molecule has 0 amide bonds. The Hall–Kier alpha value is -2.98. The van der Waals surface area contributed by atoms with Crippen molar-refractivity contribution in [1.82, 2.24) is 4.57 Å². The highest BCUT2D eigenvalue weighted by atomic mass is 32.2. The summed E-state index contributed by atoms with van der Waals surface area (Å²) in [5.74, 6) is -2.01. The molecule has 1 aromatic carbocycles. The van der Waals surface area contributed by atoms with Crippen molar-refractivity contribution >= 4 is 38.0 Å². The molecule has 136 valence electrons. The lowest BCUT2D eigenvalue weighted by Gasteiger charge is -2.11. The predicted molar refractivity (Wildman–Crippen MR) is 96.6 cm³/mol. The fraction of sp³-hybridized carbons (Fsp3) is 0.125. The van der Waals surface area contributed by atoms with E-state index in [0.717, 1.165) is 11.1 Å². The number of aromatic hydroxyl groups is 1. The van der Waals surface area contributed by atoms with Crippen LogP contribution in [0.25, 0.3) is 10.2 Å². The lowest BCUT2D eigenvalue weighted by atomic mass is 10.1. The van der Waals surface area contributed by atoms with Gasteiger partial charge in [-0.15, -0.1) is 11.3 Å². The van der Waals surface area contributed by atoms with Gasteiger partial charge >= 0.3 is 16.5 Å². The van der Waals surface area contributed by atoms with Crippen LogP contribution < -0.4 is 5.56 Å². The summed E-state index contributed by atoms with van der Waals surface area (Å²) in [6.07, 6.45) is 0. The molecule has 0 saturated heterocycles. The van der Waals surface area contributed by atoms with Gasteiger partial charge in [0.2, 0.25) is 0 Å². The number of aromatic nitrogens is 1. The number of benzene rings is 1. The quantitative estimate of drug-likeness (QED) is 0.624. The van der Waals surface area contributed by atoms with Crippen LogP contribution >= 0.6 is 11.3 Å². The summed E-state index contributed by atoms with van der Waals surface area (Å²) in [6.45, 7) is 2.23. The van der Waals surface area contributed by atoms with E-state index in [1.54, 1.807) is 11.4 Å². The zero-order valence-corrected chi connectivity index (χ0v) is 15.1.